The molecule has 0 radical (unpaired) electrons. The quantitative estimate of drug-likeness (QED) is 0.723. The van der Waals surface area contributed by atoms with E-state index in [2.05, 4.69) is 44.3 Å². The van der Waals surface area contributed by atoms with Gasteiger partial charge >= 0.3 is 0 Å². The number of halogens is 2. The fourth-order valence-electron chi connectivity index (χ4n) is 2.38. The Morgan fingerprint density at radius 1 is 0.900 bits per heavy atom. The molecule has 2 aromatic rings. The van der Waals surface area contributed by atoms with Crippen LogP contribution in [0.1, 0.15) is 35.2 Å². The molecule has 2 aromatic carbocycles. The molecular weight excluding hydrogens is 289 g/mol. The predicted molar refractivity (Wildman–Crippen MR) is 89.2 cm³/mol. The van der Waals surface area contributed by atoms with Crippen molar-refractivity contribution in [2.24, 2.45) is 0 Å². The maximum Gasteiger partial charge on any atom is 0.0641 e. The van der Waals surface area contributed by atoms with Crippen molar-refractivity contribution in [3.05, 3.63) is 62.6 Å². The van der Waals surface area contributed by atoms with Gasteiger partial charge in [0, 0.05) is 11.1 Å². The number of hydrogen-bond acceptors (Lipinski definition) is 1. The molecule has 0 bridgehead atoms. The lowest BCUT2D eigenvalue weighted by molar-refractivity contribution is 0.873. The van der Waals surface area contributed by atoms with E-state index >= 15 is 0 Å². The molecule has 106 valence electrons. The third kappa shape index (κ3) is 3.28. The molecule has 0 aliphatic heterocycles. The molecule has 0 saturated carbocycles. The SMILES string of the molecule is Cc1ccc(C(C)Nc2cc(Cl)c(C)cc2Cl)c(C)c1. The van der Waals surface area contributed by atoms with Gasteiger partial charge in [-0.25, -0.2) is 0 Å². The summed E-state index contributed by atoms with van der Waals surface area (Å²) < 4.78 is 0. The first-order valence-corrected chi connectivity index (χ1v) is 7.43. The average Bonchev–Trinajstić information content (AvgIpc) is 2.35. The summed E-state index contributed by atoms with van der Waals surface area (Å²) in [5.41, 5.74) is 5.67. The van der Waals surface area contributed by atoms with Crippen molar-refractivity contribution >= 4 is 28.9 Å². The van der Waals surface area contributed by atoms with Crippen molar-refractivity contribution in [2.45, 2.75) is 33.7 Å². The molecule has 1 nitrogen and oxygen atoms in total. The molecule has 0 saturated heterocycles. The van der Waals surface area contributed by atoms with Crippen LogP contribution in [0.15, 0.2) is 30.3 Å². The van der Waals surface area contributed by atoms with Crippen molar-refractivity contribution < 1.29 is 0 Å². The van der Waals surface area contributed by atoms with Gasteiger partial charge in [-0.15, -0.1) is 0 Å². The molecular formula is C17H19Cl2N. The number of nitrogens with one attached hydrogen (secondary N) is 1. The van der Waals surface area contributed by atoms with E-state index < -0.39 is 0 Å². The third-order valence-electron chi connectivity index (χ3n) is 3.51. The van der Waals surface area contributed by atoms with Crippen LogP contribution in [-0.2, 0) is 0 Å². The molecule has 20 heavy (non-hydrogen) atoms. The Labute approximate surface area is 130 Å². The summed E-state index contributed by atoms with van der Waals surface area (Å²) in [4.78, 5) is 0. The summed E-state index contributed by atoms with van der Waals surface area (Å²) in [5, 5.41) is 4.86. The van der Waals surface area contributed by atoms with E-state index in [1.165, 1.54) is 16.7 Å². The lowest BCUT2D eigenvalue weighted by Gasteiger charge is -2.19. The number of aryl methyl sites for hydroxylation is 3. The molecule has 0 spiro atoms. The van der Waals surface area contributed by atoms with Crippen LogP contribution < -0.4 is 5.32 Å². The second kappa shape index (κ2) is 6.07. The van der Waals surface area contributed by atoms with E-state index in [4.69, 9.17) is 23.2 Å². The van der Waals surface area contributed by atoms with Crippen LogP contribution in [0.3, 0.4) is 0 Å². The third-order valence-corrected chi connectivity index (χ3v) is 4.23. The van der Waals surface area contributed by atoms with Gasteiger partial charge in [0.25, 0.3) is 0 Å². The zero-order valence-corrected chi connectivity index (χ0v) is 13.7. The van der Waals surface area contributed by atoms with Gasteiger partial charge in [-0.2, -0.15) is 0 Å². The van der Waals surface area contributed by atoms with Gasteiger partial charge in [-0.1, -0.05) is 47.0 Å². The minimum atomic E-state index is 0.173. The topological polar surface area (TPSA) is 12.0 Å². The van der Waals surface area contributed by atoms with E-state index in [0.29, 0.717) is 5.02 Å². The zero-order valence-electron chi connectivity index (χ0n) is 12.2. The highest BCUT2D eigenvalue weighted by Crippen LogP contribution is 2.32. The Balaban J connectivity index is 2.27. The van der Waals surface area contributed by atoms with Gasteiger partial charge in [0.05, 0.1) is 10.7 Å². The standard InChI is InChI=1S/C17H19Cl2N/c1-10-5-6-14(11(2)7-10)13(4)20-17-9-15(18)12(3)8-16(17)19/h5-9,13,20H,1-4H3. The average molecular weight is 308 g/mol. The highest BCUT2D eigenvalue weighted by Gasteiger charge is 2.11. The van der Waals surface area contributed by atoms with Gasteiger partial charge in [0.1, 0.15) is 0 Å². The van der Waals surface area contributed by atoms with Crippen LogP contribution in [0.5, 0.6) is 0 Å². The first-order chi connectivity index (χ1) is 9.38. The van der Waals surface area contributed by atoms with Gasteiger partial charge in [0.15, 0.2) is 0 Å². The number of anilines is 1. The summed E-state index contributed by atoms with van der Waals surface area (Å²) in [6.07, 6.45) is 0. The van der Waals surface area contributed by atoms with Crippen molar-refractivity contribution in [1.82, 2.24) is 0 Å². The summed E-state index contributed by atoms with van der Waals surface area (Å²) in [6, 6.07) is 10.4. The van der Waals surface area contributed by atoms with Gasteiger partial charge in [0.2, 0.25) is 0 Å². The summed E-state index contributed by atoms with van der Waals surface area (Å²) in [7, 11) is 0. The largest absolute Gasteiger partial charge is 0.377 e. The minimum Gasteiger partial charge on any atom is -0.377 e. The van der Waals surface area contributed by atoms with Crippen LogP contribution in [-0.4, -0.2) is 0 Å². The molecule has 0 aromatic heterocycles. The molecule has 2 rings (SSSR count). The molecule has 0 aliphatic carbocycles. The first kappa shape index (κ1) is 15.2. The molecule has 1 unspecified atom stereocenters. The van der Waals surface area contributed by atoms with Crippen LogP contribution >= 0.6 is 23.2 Å². The molecule has 0 fully saturated rings. The van der Waals surface area contributed by atoms with E-state index in [9.17, 15) is 0 Å². The summed E-state index contributed by atoms with van der Waals surface area (Å²) >= 11 is 12.4. The van der Waals surface area contributed by atoms with E-state index in [1.54, 1.807) is 0 Å². The second-order valence-electron chi connectivity index (χ2n) is 5.31. The molecule has 0 aliphatic rings. The van der Waals surface area contributed by atoms with Crippen molar-refractivity contribution in [2.75, 3.05) is 5.32 Å². The number of rotatable bonds is 3. The summed E-state index contributed by atoms with van der Waals surface area (Å²) in [5.74, 6) is 0. The maximum atomic E-state index is 6.28. The van der Waals surface area contributed by atoms with Crippen LogP contribution in [0.4, 0.5) is 5.69 Å². The molecule has 1 atom stereocenters. The Bertz CT molecular complexity index is 635. The Hall–Kier alpha value is -1.18. The Morgan fingerprint density at radius 3 is 2.25 bits per heavy atom. The molecule has 0 amide bonds. The maximum absolute atomic E-state index is 6.28. The van der Waals surface area contributed by atoms with Crippen molar-refractivity contribution in [3.63, 3.8) is 0 Å². The number of hydrogen-bond donors (Lipinski definition) is 1. The summed E-state index contributed by atoms with van der Waals surface area (Å²) in [6.45, 7) is 8.31. The van der Waals surface area contributed by atoms with Crippen molar-refractivity contribution in [3.8, 4) is 0 Å². The smallest absolute Gasteiger partial charge is 0.0641 e. The lowest BCUT2D eigenvalue weighted by atomic mass is 10.00. The molecule has 3 heteroatoms. The molecule has 1 N–H and O–H groups in total. The highest BCUT2D eigenvalue weighted by atomic mass is 35.5. The van der Waals surface area contributed by atoms with Crippen LogP contribution in [0.2, 0.25) is 10.0 Å². The van der Waals surface area contributed by atoms with Crippen LogP contribution in [0, 0.1) is 20.8 Å². The zero-order chi connectivity index (χ0) is 14.9. The number of benzene rings is 2. The normalized spacial score (nSPS) is 12.3. The first-order valence-electron chi connectivity index (χ1n) is 6.68. The van der Waals surface area contributed by atoms with E-state index in [-0.39, 0.29) is 6.04 Å². The Kier molecular flexibility index (Phi) is 4.62. The second-order valence-corrected chi connectivity index (χ2v) is 6.12. The molecule has 0 heterocycles. The van der Waals surface area contributed by atoms with Crippen molar-refractivity contribution in [1.29, 1.82) is 0 Å². The van der Waals surface area contributed by atoms with E-state index in [1.807, 2.05) is 19.1 Å². The highest BCUT2D eigenvalue weighted by molar-refractivity contribution is 6.35. The fourth-order valence-corrected chi connectivity index (χ4v) is 2.82. The lowest BCUT2D eigenvalue weighted by Crippen LogP contribution is -2.09. The monoisotopic (exact) mass is 307 g/mol. The Morgan fingerprint density at radius 2 is 1.60 bits per heavy atom. The van der Waals surface area contributed by atoms with Gasteiger partial charge < -0.3 is 5.32 Å². The predicted octanol–water partition coefficient (Wildman–Crippen LogP) is 6.09. The van der Waals surface area contributed by atoms with Gasteiger partial charge in [-0.3, -0.25) is 0 Å². The van der Waals surface area contributed by atoms with Gasteiger partial charge in [-0.05, 0) is 56.5 Å². The minimum absolute atomic E-state index is 0.173. The van der Waals surface area contributed by atoms with E-state index in [0.717, 1.165) is 16.3 Å². The fraction of sp³-hybridized carbons (Fsp3) is 0.294. The van der Waals surface area contributed by atoms with Crippen LogP contribution in [0.25, 0.3) is 0 Å².